The summed E-state index contributed by atoms with van der Waals surface area (Å²) in [7, 11) is 0. The zero-order valence-corrected chi connectivity index (χ0v) is 15.7. The zero-order valence-electron chi connectivity index (χ0n) is 14.9. The molecule has 3 aromatic rings. The molecule has 1 aromatic heterocycles. The van der Waals surface area contributed by atoms with Crippen molar-refractivity contribution in [2.45, 2.75) is 25.9 Å². The van der Waals surface area contributed by atoms with Crippen molar-refractivity contribution >= 4 is 23.4 Å². The van der Waals surface area contributed by atoms with Gasteiger partial charge in [0.25, 0.3) is 0 Å². The van der Waals surface area contributed by atoms with Crippen molar-refractivity contribution in [1.29, 1.82) is 0 Å². The van der Waals surface area contributed by atoms with Gasteiger partial charge in [-0.25, -0.2) is 9.37 Å². The van der Waals surface area contributed by atoms with Crippen LogP contribution < -0.4 is 5.32 Å². The summed E-state index contributed by atoms with van der Waals surface area (Å²) in [6, 6.07) is 10.4. The first-order valence-electron chi connectivity index (χ1n) is 8.24. The zero-order chi connectivity index (χ0) is 18.7. The molecule has 0 aliphatic heterocycles. The number of aryl methyl sites for hydroxylation is 2. The first kappa shape index (κ1) is 18.2. The lowest BCUT2D eigenvalue weighted by Gasteiger charge is -2.12. The highest BCUT2D eigenvalue weighted by atomic mass is 32.2. The Balaban J connectivity index is 1.70. The van der Waals surface area contributed by atoms with Crippen LogP contribution >= 0.6 is 11.8 Å². The van der Waals surface area contributed by atoms with E-state index in [9.17, 15) is 9.18 Å². The first-order valence-corrected chi connectivity index (χ1v) is 9.23. The molecule has 0 aliphatic carbocycles. The van der Waals surface area contributed by atoms with Crippen molar-refractivity contribution in [2.75, 3.05) is 11.1 Å². The summed E-state index contributed by atoms with van der Waals surface area (Å²) in [5.74, 6) is -0.246. The number of anilines is 1. The van der Waals surface area contributed by atoms with Gasteiger partial charge in [0.2, 0.25) is 5.91 Å². The van der Waals surface area contributed by atoms with E-state index in [4.69, 9.17) is 0 Å². The van der Waals surface area contributed by atoms with Crippen LogP contribution in [0.15, 0.2) is 53.9 Å². The van der Waals surface area contributed by atoms with Crippen LogP contribution in [0, 0.1) is 26.6 Å². The normalized spacial score (nSPS) is 10.8. The van der Waals surface area contributed by atoms with Gasteiger partial charge in [-0.05, 0) is 61.7 Å². The maximum atomic E-state index is 13.2. The highest BCUT2D eigenvalue weighted by Crippen LogP contribution is 2.24. The monoisotopic (exact) mass is 369 g/mol. The molecular formula is C20H20FN3OS. The van der Waals surface area contributed by atoms with Gasteiger partial charge in [-0.1, -0.05) is 23.9 Å². The second-order valence-corrected chi connectivity index (χ2v) is 7.04. The SMILES string of the molecule is Cc1cc(F)ccc1NC(=O)CSc1nccn1-c1cccc(C)c1C. The van der Waals surface area contributed by atoms with Gasteiger partial charge in [-0.15, -0.1) is 0 Å². The van der Waals surface area contributed by atoms with Gasteiger partial charge >= 0.3 is 0 Å². The predicted molar refractivity (Wildman–Crippen MR) is 104 cm³/mol. The van der Waals surface area contributed by atoms with E-state index in [1.54, 1.807) is 19.2 Å². The van der Waals surface area contributed by atoms with E-state index in [1.807, 2.05) is 22.9 Å². The Morgan fingerprint density at radius 1 is 1.19 bits per heavy atom. The van der Waals surface area contributed by atoms with Crippen LogP contribution in [0.25, 0.3) is 5.69 Å². The number of thioether (sulfide) groups is 1. The lowest BCUT2D eigenvalue weighted by atomic mass is 10.1. The van der Waals surface area contributed by atoms with Crippen LogP contribution in [0.5, 0.6) is 0 Å². The molecule has 3 rings (SSSR count). The Morgan fingerprint density at radius 2 is 2.00 bits per heavy atom. The number of halogens is 1. The van der Waals surface area contributed by atoms with Crippen LogP contribution in [-0.4, -0.2) is 21.2 Å². The molecule has 0 saturated heterocycles. The standard InChI is InChI=1S/C20H20FN3OS/c1-13-5-4-6-18(15(13)3)24-10-9-22-20(24)26-12-19(25)23-17-8-7-16(21)11-14(17)2/h4-11H,12H2,1-3H3,(H,23,25). The molecular weight excluding hydrogens is 349 g/mol. The molecule has 0 unspecified atom stereocenters. The highest BCUT2D eigenvalue weighted by Gasteiger charge is 2.12. The Morgan fingerprint density at radius 3 is 2.77 bits per heavy atom. The number of benzene rings is 2. The number of hydrogen-bond acceptors (Lipinski definition) is 3. The number of carbonyl (C=O) groups is 1. The fraction of sp³-hybridized carbons (Fsp3) is 0.200. The van der Waals surface area contributed by atoms with Crippen LogP contribution in [0.1, 0.15) is 16.7 Å². The van der Waals surface area contributed by atoms with Crippen LogP contribution in [0.4, 0.5) is 10.1 Å². The summed E-state index contributed by atoms with van der Waals surface area (Å²) in [4.78, 5) is 16.6. The lowest BCUT2D eigenvalue weighted by molar-refractivity contribution is -0.113. The van der Waals surface area contributed by atoms with E-state index < -0.39 is 0 Å². The summed E-state index contributed by atoms with van der Waals surface area (Å²) >= 11 is 1.37. The third-order valence-corrected chi connectivity index (χ3v) is 5.20. The molecule has 2 aromatic carbocycles. The molecule has 4 nitrogen and oxygen atoms in total. The van der Waals surface area contributed by atoms with Gasteiger partial charge in [0.1, 0.15) is 5.82 Å². The first-order chi connectivity index (χ1) is 12.5. The summed E-state index contributed by atoms with van der Waals surface area (Å²) in [5.41, 5.74) is 4.75. The molecule has 0 bridgehead atoms. The third kappa shape index (κ3) is 3.96. The Kier molecular flexibility index (Phi) is 5.42. The van der Waals surface area contributed by atoms with Gasteiger partial charge in [0, 0.05) is 18.1 Å². The Bertz CT molecular complexity index is 952. The minimum Gasteiger partial charge on any atom is -0.325 e. The number of aromatic nitrogens is 2. The molecule has 0 spiro atoms. The highest BCUT2D eigenvalue weighted by molar-refractivity contribution is 7.99. The van der Waals surface area contributed by atoms with Crippen molar-refractivity contribution in [2.24, 2.45) is 0 Å². The molecule has 26 heavy (non-hydrogen) atoms. The van der Waals surface area contributed by atoms with E-state index in [0.29, 0.717) is 11.3 Å². The summed E-state index contributed by atoms with van der Waals surface area (Å²) in [5, 5.41) is 3.57. The fourth-order valence-corrected chi connectivity index (χ4v) is 3.43. The van der Waals surface area contributed by atoms with Gasteiger partial charge < -0.3 is 5.32 Å². The molecule has 0 aliphatic rings. The quantitative estimate of drug-likeness (QED) is 0.665. The molecule has 134 valence electrons. The molecule has 1 N–H and O–H groups in total. The van der Waals surface area contributed by atoms with E-state index >= 15 is 0 Å². The number of rotatable bonds is 5. The van der Waals surface area contributed by atoms with Crippen molar-refractivity contribution in [1.82, 2.24) is 9.55 Å². The minimum absolute atomic E-state index is 0.153. The predicted octanol–water partition coefficient (Wildman–Crippen LogP) is 4.67. The maximum Gasteiger partial charge on any atom is 0.234 e. The number of hydrogen-bond donors (Lipinski definition) is 1. The van der Waals surface area contributed by atoms with Crippen molar-refractivity contribution < 1.29 is 9.18 Å². The largest absolute Gasteiger partial charge is 0.325 e. The summed E-state index contributed by atoms with van der Waals surface area (Å²) in [6.07, 6.45) is 3.62. The maximum absolute atomic E-state index is 13.2. The average molecular weight is 369 g/mol. The van der Waals surface area contributed by atoms with Crippen LogP contribution in [0.3, 0.4) is 0 Å². The van der Waals surface area contributed by atoms with Crippen molar-refractivity contribution in [3.05, 3.63) is 71.3 Å². The third-order valence-electron chi connectivity index (χ3n) is 4.24. The molecule has 0 saturated carbocycles. The summed E-state index contributed by atoms with van der Waals surface area (Å²) < 4.78 is 15.1. The Labute approximate surface area is 156 Å². The van der Waals surface area contributed by atoms with Crippen LogP contribution in [0.2, 0.25) is 0 Å². The number of nitrogens with one attached hydrogen (secondary N) is 1. The minimum atomic E-state index is -0.314. The number of imidazole rings is 1. The molecule has 6 heteroatoms. The van der Waals surface area contributed by atoms with Crippen molar-refractivity contribution in [3.8, 4) is 5.69 Å². The number of nitrogens with zero attached hydrogens (tertiary/aromatic N) is 2. The van der Waals surface area contributed by atoms with Gasteiger partial charge in [0.05, 0.1) is 11.4 Å². The van der Waals surface area contributed by atoms with Crippen molar-refractivity contribution in [3.63, 3.8) is 0 Å². The fourth-order valence-electron chi connectivity index (χ4n) is 2.66. The Hall–Kier alpha value is -2.60. The average Bonchev–Trinajstić information content (AvgIpc) is 3.06. The van der Waals surface area contributed by atoms with E-state index in [0.717, 1.165) is 10.8 Å². The second-order valence-electron chi connectivity index (χ2n) is 6.09. The smallest absolute Gasteiger partial charge is 0.234 e. The summed E-state index contributed by atoms with van der Waals surface area (Å²) in [6.45, 7) is 5.91. The molecule has 0 radical (unpaired) electrons. The van der Waals surface area contributed by atoms with Gasteiger partial charge in [-0.3, -0.25) is 9.36 Å². The molecule has 1 heterocycles. The van der Waals surface area contributed by atoms with Gasteiger partial charge in [-0.2, -0.15) is 0 Å². The van der Waals surface area contributed by atoms with Gasteiger partial charge in [0.15, 0.2) is 5.16 Å². The van der Waals surface area contributed by atoms with E-state index in [2.05, 4.69) is 30.2 Å². The lowest BCUT2D eigenvalue weighted by Crippen LogP contribution is -2.15. The number of carbonyl (C=O) groups excluding carboxylic acids is 1. The molecule has 0 fully saturated rings. The van der Waals surface area contributed by atoms with E-state index in [1.165, 1.54) is 35.0 Å². The molecule has 1 amide bonds. The second kappa shape index (κ2) is 7.74. The topological polar surface area (TPSA) is 46.9 Å². The van der Waals surface area contributed by atoms with E-state index in [-0.39, 0.29) is 17.5 Å². The molecule has 0 atom stereocenters. The number of amides is 1. The van der Waals surface area contributed by atoms with Crippen LogP contribution in [-0.2, 0) is 4.79 Å².